The predicted molar refractivity (Wildman–Crippen MR) is 148 cm³/mol. The van der Waals surface area contributed by atoms with Crippen molar-refractivity contribution >= 4 is 11.6 Å². The maximum absolute atomic E-state index is 13.2. The third-order valence-corrected chi connectivity index (χ3v) is 7.10. The number of benzene rings is 3. The van der Waals surface area contributed by atoms with Crippen LogP contribution in [0.25, 0.3) is 0 Å². The zero-order valence-electron chi connectivity index (χ0n) is 22.6. The summed E-state index contributed by atoms with van der Waals surface area (Å²) in [5, 5.41) is 0. The molecule has 37 heavy (non-hydrogen) atoms. The van der Waals surface area contributed by atoms with E-state index in [0.29, 0.717) is 48.9 Å². The van der Waals surface area contributed by atoms with Crippen LogP contribution in [0.5, 0.6) is 17.2 Å². The Balaban J connectivity index is 1.68. The molecule has 0 saturated carbocycles. The maximum atomic E-state index is 13.2. The largest absolute Gasteiger partial charge is 0.495 e. The van der Waals surface area contributed by atoms with Crippen molar-refractivity contribution in [1.29, 1.82) is 0 Å². The number of nitrogen functional groups attached to an aromatic ring is 1. The van der Waals surface area contributed by atoms with Crippen molar-refractivity contribution in [2.75, 3.05) is 33.1 Å². The molecule has 0 bridgehead atoms. The number of hydrogen-bond acceptors (Lipinski definition) is 5. The highest BCUT2D eigenvalue weighted by Crippen LogP contribution is 2.42. The molecule has 3 aromatic carbocycles. The summed E-state index contributed by atoms with van der Waals surface area (Å²) >= 11 is 0. The fourth-order valence-corrected chi connectivity index (χ4v) is 5.18. The Morgan fingerprint density at radius 3 is 2.46 bits per heavy atom. The van der Waals surface area contributed by atoms with Gasteiger partial charge in [-0.25, -0.2) is 0 Å². The van der Waals surface area contributed by atoms with Crippen LogP contribution in [0.4, 0.5) is 5.69 Å². The Morgan fingerprint density at radius 1 is 0.973 bits per heavy atom. The van der Waals surface area contributed by atoms with Crippen LogP contribution in [0.1, 0.15) is 59.2 Å². The molecule has 196 valence electrons. The van der Waals surface area contributed by atoms with Gasteiger partial charge in [0.1, 0.15) is 5.75 Å². The number of anilines is 1. The van der Waals surface area contributed by atoms with Crippen molar-refractivity contribution < 1.29 is 19.0 Å². The van der Waals surface area contributed by atoms with Gasteiger partial charge in [-0.05, 0) is 78.8 Å². The highest BCUT2D eigenvalue weighted by Gasteiger charge is 2.33. The first kappa shape index (κ1) is 26.4. The lowest BCUT2D eigenvalue weighted by Crippen LogP contribution is -2.40. The number of ether oxygens (including phenoxy) is 3. The minimum atomic E-state index is -0.155. The molecule has 1 unspecified atom stereocenters. The molecule has 1 atom stereocenters. The Labute approximate surface area is 220 Å². The smallest absolute Gasteiger partial charge is 0.223 e. The van der Waals surface area contributed by atoms with Gasteiger partial charge in [-0.1, -0.05) is 36.8 Å². The van der Waals surface area contributed by atoms with Gasteiger partial charge in [-0.15, -0.1) is 0 Å². The summed E-state index contributed by atoms with van der Waals surface area (Å²) in [6.45, 7) is 7.43. The van der Waals surface area contributed by atoms with Crippen molar-refractivity contribution in [2.45, 2.75) is 52.5 Å². The molecule has 6 heteroatoms. The molecule has 1 aliphatic heterocycles. The van der Waals surface area contributed by atoms with Gasteiger partial charge in [0.15, 0.2) is 11.5 Å². The molecule has 6 nitrogen and oxygen atoms in total. The molecule has 1 amide bonds. The molecule has 0 fully saturated rings. The van der Waals surface area contributed by atoms with Gasteiger partial charge in [0, 0.05) is 19.4 Å². The first-order valence-electron chi connectivity index (χ1n) is 13.0. The molecule has 0 aromatic heterocycles. The van der Waals surface area contributed by atoms with Crippen molar-refractivity contribution in [3.63, 3.8) is 0 Å². The standard InChI is InChI=1S/C31H38N2O4/c1-6-7-30(34)33-14-12-23-18-28(36-5)29(37-15-13-22-9-11-26(32)27(17-22)35-4)19-25(23)31(33)24-10-8-20(2)16-21(24)3/h8-11,16-19,31H,6-7,12-15,32H2,1-5H3. The van der Waals surface area contributed by atoms with Gasteiger partial charge in [-0.3, -0.25) is 4.79 Å². The molecular weight excluding hydrogens is 464 g/mol. The molecule has 0 saturated heterocycles. The number of nitrogens with zero attached hydrogens (tertiary/aromatic N) is 1. The minimum Gasteiger partial charge on any atom is -0.495 e. The lowest BCUT2D eigenvalue weighted by molar-refractivity contribution is -0.133. The summed E-state index contributed by atoms with van der Waals surface area (Å²) in [5.41, 5.74) is 13.5. The van der Waals surface area contributed by atoms with Gasteiger partial charge in [0.25, 0.3) is 0 Å². The number of carbonyl (C=O) groups excluding carboxylic acids is 1. The van der Waals surface area contributed by atoms with E-state index in [1.54, 1.807) is 14.2 Å². The summed E-state index contributed by atoms with van der Waals surface area (Å²) in [5.74, 6) is 2.25. The van der Waals surface area contributed by atoms with Crippen molar-refractivity contribution in [3.8, 4) is 17.2 Å². The van der Waals surface area contributed by atoms with Crippen LogP contribution in [0.3, 0.4) is 0 Å². The molecule has 0 aliphatic carbocycles. The molecule has 0 spiro atoms. The quantitative estimate of drug-likeness (QED) is 0.375. The zero-order valence-corrected chi connectivity index (χ0v) is 22.6. The summed E-state index contributed by atoms with van der Waals surface area (Å²) in [4.78, 5) is 15.3. The number of carbonyl (C=O) groups is 1. The Hall–Kier alpha value is -3.67. The van der Waals surface area contributed by atoms with Gasteiger partial charge < -0.3 is 24.8 Å². The van der Waals surface area contributed by atoms with E-state index in [9.17, 15) is 4.79 Å². The summed E-state index contributed by atoms with van der Waals surface area (Å²) < 4.78 is 17.3. The topological polar surface area (TPSA) is 74.0 Å². The molecule has 2 N–H and O–H groups in total. The van der Waals surface area contributed by atoms with Crippen LogP contribution in [0, 0.1) is 13.8 Å². The Morgan fingerprint density at radius 2 is 1.76 bits per heavy atom. The lowest BCUT2D eigenvalue weighted by atomic mass is 9.85. The van der Waals surface area contributed by atoms with E-state index in [1.807, 2.05) is 23.1 Å². The average Bonchev–Trinajstić information content (AvgIpc) is 2.89. The monoisotopic (exact) mass is 502 g/mol. The second kappa shape index (κ2) is 11.6. The Kier molecular flexibility index (Phi) is 8.27. The van der Waals surface area contributed by atoms with Gasteiger partial charge in [0.2, 0.25) is 5.91 Å². The van der Waals surface area contributed by atoms with Crippen LogP contribution in [0.15, 0.2) is 48.5 Å². The Bertz CT molecular complexity index is 1270. The molecule has 1 heterocycles. The van der Waals surface area contributed by atoms with E-state index in [2.05, 4.69) is 51.1 Å². The molecule has 4 rings (SSSR count). The van der Waals surface area contributed by atoms with Crippen molar-refractivity contribution in [3.05, 3.63) is 81.9 Å². The first-order valence-corrected chi connectivity index (χ1v) is 13.0. The second-order valence-electron chi connectivity index (χ2n) is 9.73. The number of rotatable bonds is 9. The fraction of sp³-hybridized carbons (Fsp3) is 0.387. The maximum Gasteiger partial charge on any atom is 0.223 e. The normalized spacial score (nSPS) is 14.7. The zero-order chi connectivity index (χ0) is 26.5. The van der Waals surface area contributed by atoms with E-state index in [4.69, 9.17) is 19.9 Å². The van der Waals surface area contributed by atoms with E-state index in [-0.39, 0.29) is 11.9 Å². The van der Waals surface area contributed by atoms with Crippen LogP contribution in [0.2, 0.25) is 0 Å². The number of methoxy groups -OCH3 is 2. The van der Waals surface area contributed by atoms with Crippen LogP contribution in [-0.2, 0) is 17.6 Å². The number of hydrogen-bond donors (Lipinski definition) is 1. The van der Waals surface area contributed by atoms with Gasteiger partial charge >= 0.3 is 0 Å². The van der Waals surface area contributed by atoms with Crippen molar-refractivity contribution in [2.24, 2.45) is 0 Å². The average molecular weight is 503 g/mol. The van der Waals surface area contributed by atoms with E-state index in [1.165, 1.54) is 16.7 Å². The fourth-order valence-electron chi connectivity index (χ4n) is 5.18. The van der Waals surface area contributed by atoms with E-state index >= 15 is 0 Å². The number of amides is 1. The number of nitrogens with two attached hydrogens (primary N) is 1. The summed E-state index contributed by atoms with van der Waals surface area (Å²) in [7, 11) is 3.28. The molecule has 3 aromatic rings. The first-order chi connectivity index (χ1) is 17.9. The summed E-state index contributed by atoms with van der Waals surface area (Å²) in [6.07, 6.45) is 2.85. The number of fused-ring (bicyclic) bond motifs is 1. The third kappa shape index (κ3) is 5.68. The lowest BCUT2D eigenvalue weighted by Gasteiger charge is -2.39. The van der Waals surface area contributed by atoms with E-state index < -0.39 is 0 Å². The number of aryl methyl sites for hydroxylation is 2. The molecular formula is C31H38N2O4. The van der Waals surface area contributed by atoms with Crippen molar-refractivity contribution in [1.82, 2.24) is 4.90 Å². The minimum absolute atomic E-state index is 0.155. The van der Waals surface area contributed by atoms with Crippen LogP contribution < -0.4 is 19.9 Å². The van der Waals surface area contributed by atoms with Crippen LogP contribution >= 0.6 is 0 Å². The molecule has 0 radical (unpaired) electrons. The molecule has 1 aliphatic rings. The highest BCUT2D eigenvalue weighted by atomic mass is 16.5. The van der Waals surface area contributed by atoms with Gasteiger partial charge in [0.05, 0.1) is 32.6 Å². The predicted octanol–water partition coefficient (Wildman–Crippen LogP) is 5.80. The van der Waals surface area contributed by atoms with E-state index in [0.717, 1.165) is 29.5 Å². The SMILES string of the molecule is CCCC(=O)N1CCc2cc(OC)c(OCCc3ccc(N)c(OC)c3)cc2C1c1ccc(C)cc1C. The summed E-state index contributed by atoms with van der Waals surface area (Å²) in [6, 6.07) is 16.3. The third-order valence-electron chi connectivity index (χ3n) is 7.10. The second-order valence-corrected chi connectivity index (χ2v) is 9.73. The van der Waals surface area contributed by atoms with Crippen LogP contribution in [-0.4, -0.2) is 38.2 Å². The highest BCUT2D eigenvalue weighted by molar-refractivity contribution is 5.78. The van der Waals surface area contributed by atoms with Gasteiger partial charge in [-0.2, -0.15) is 0 Å².